The van der Waals surface area contributed by atoms with Gasteiger partial charge in [-0.3, -0.25) is 0 Å². The summed E-state index contributed by atoms with van der Waals surface area (Å²) in [6.07, 6.45) is 1.44. The molecule has 0 radical (unpaired) electrons. The number of aromatic nitrogens is 1. The minimum absolute atomic E-state index is 0.0308. The van der Waals surface area contributed by atoms with Gasteiger partial charge >= 0.3 is 5.97 Å². The molecule has 1 heterocycles. The standard InChI is InChI=1S/C16H20N2O3/c1-3-16(4-2,10-19)18-14-9-12(15(20)21)11-7-5-6-8-13(11)17-14/h5-9,19H,3-4,10H2,1-2H3,(H,17,18)(H,20,21). The molecule has 21 heavy (non-hydrogen) atoms. The van der Waals surface area contributed by atoms with E-state index in [4.69, 9.17) is 0 Å². The molecule has 0 amide bonds. The summed E-state index contributed by atoms with van der Waals surface area (Å²) < 4.78 is 0. The van der Waals surface area contributed by atoms with E-state index in [0.29, 0.717) is 16.7 Å². The minimum Gasteiger partial charge on any atom is -0.478 e. The van der Waals surface area contributed by atoms with Crippen molar-refractivity contribution >= 4 is 22.7 Å². The normalized spacial score (nSPS) is 11.6. The zero-order valence-electron chi connectivity index (χ0n) is 12.3. The number of benzene rings is 1. The first-order valence-corrected chi connectivity index (χ1v) is 7.07. The maximum atomic E-state index is 11.4. The number of carboxylic acids is 1. The van der Waals surface area contributed by atoms with Crippen LogP contribution in [0.25, 0.3) is 10.9 Å². The molecule has 0 saturated heterocycles. The first kappa shape index (κ1) is 15.3. The van der Waals surface area contributed by atoms with Crippen LogP contribution in [-0.2, 0) is 0 Å². The number of hydrogen-bond acceptors (Lipinski definition) is 4. The second kappa shape index (κ2) is 6.10. The number of carbonyl (C=O) groups is 1. The molecule has 0 unspecified atom stereocenters. The van der Waals surface area contributed by atoms with E-state index >= 15 is 0 Å². The van der Waals surface area contributed by atoms with Crippen LogP contribution in [-0.4, -0.2) is 33.3 Å². The number of fused-ring (bicyclic) bond motifs is 1. The minimum atomic E-state index is -0.987. The molecule has 0 aliphatic heterocycles. The van der Waals surface area contributed by atoms with Gasteiger partial charge in [-0.05, 0) is 25.0 Å². The Morgan fingerprint density at radius 2 is 1.95 bits per heavy atom. The van der Waals surface area contributed by atoms with Gasteiger partial charge in [0.1, 0.15) is 5.82 Å². The Morgan fingerprint density at radius 1 is 1.29 bits per heavy atom. The molecule has 112 valence electrons. The molecular weight excluding hydrogens is 268 g/mol. The van der Waals surface area contributed by atoms with Crippen LogP contribution >= 0.6 is 0 Å². The van der Waals surface area contributed by atoms with Gasteiger partial charge in [-0.15, -0.1) is 0 Å². The van der Waals surface area contributed by atoms with Gasteiger partial charge < -0.3 is 15.5 Å². The van der Waals surface area contributed by atoms with E-state index < -0.39 is 11.5 Å². The molecule has 3 N–H and O–H groups in total. The maximum absolute atomic E-state index is 11.4. The Morgan fingerprint density at radius 3 is 2.52 bits per heavy atom. The average molecular weight is 288 g/mol. The van der Waals surface area contributed by atoms with E-state index in [0.717, 1.165) is 12.8 Å². The fourth-order valence-corrected chi connectivity index (χ4v) is 2.38. The van der Waals surface area contributed by atoms with Crippen LogP contribution in [0.2, 0.25) is 0 Å². The van der Waals surface area contributed by atoms with Gasteiger partial charge in [-0.1, -0.05) is 32.0 Å². The number of nitrogens with one attached hydrogen (secondary N) is 1. The number of carboxylic acid groups (broad SMARTS) is 1. The summed E-state index contributed by atoms with van der Waals surface area (Å²) in [6, 6.07) is 8.67. The van der Waals surface area contributed by atoms with Gasteiger partial charge in [0.15, 0.2) is 0 Å². The molecule has 0 fully saturated rings. The second-order valence-electron chi connectivity index (χ2n) is 5.15. The van der Waals surface area contributed by atoms with Crippen LogP contribution in [0.1, 0.15) is 37.0 Å². The van der Waals surface area contributed by atoms with Gasteiger partial charge in [0.05, 0.1) is 23.2 Å². The van der Waals surface area contributed by atoms with Crippen LogP contribution in [0.15, 0.2) is 30.3 Å². The summed E-state index contributed by atoms with van der Waals surface area (Å²) in [4.78, 5) is 15.9. The Labute approximate surface area is 123 Å². The highest BCUT2D eigenvalue weighted by molar-refractivity contribution is 6.03. The largest absolute Gasteiger partial charge is 0.478 e. The summed E-state index contributed by atoms with van der Waals surface area (Å²) in [6.45, 7) is 3.93. The van der Waals surface area contributed by atoms with Gasteiger partial charge in [-0.2, -0.15) is 0 Å². The number of para-hydroxylation sites is 1. The lowest BCUT2D eigenvalue weighted by Gasteiger charge is -2.31. The Hall–Kier alpha value is -2.14. The lowest BCUT2D eigenvalue weighted by atomic mass is 9.94. The fourth-order valence-electron chi connectivity index (χ4n) is 2.38. The Balaban J connectivity index is 2.53. The lowest BCUT2D eigenvalue weighted by molar-refractivity contribution is 0.0699. The smallest absolute Gasteiger partial charge is 0.336 e. The molecule has 5 nitrogen and oxygen atoms in total. The molecule has 0 aliphatic carbocycles. The van der Waals surface area contributed by atoms with Crippen molar-refractivity contribution in [2.24, 2.45) is 0 Å². The van der Waals surface area contributed by atoms with Crippen molar-refractivity contribution in [1.82, 2.24) is 4.98 Å². The molecule has 0 spiro atoms. The lowest BCUT2D eigenvalue weighted by Crippen LogP contribution is -2.41. The molecule has 5 heteroatoms. The Kier molecular flexibility index (Phi) is 4.43. The zero-order chi connectivity index (χ0) is 15.5. The van der Waals surface area contributed by atoms with E-state index in [1.54, 1.807) is 18.2 Å². The third-order valence-corrected chi connectivity index (χ3v) is 4.00. The summed E-state index contributed by atoms with van der Waals surface area (Å²) in [7, 11) is 0. The van der Waals surface area contributed by atoms with Crippen molar-refractivity contribution in [2.45, 2.75) is 32.2 Å². The van der Waals surface area contributed by atoms with Crippen LogP contribution in [0, 0.1) is 0 Å². The van der Waals surface area contributed by atoms with Gasteiger partial charge in [0, 0.05) is 5.39 Å². The number of rotatable bonds is 6. The van der Waals surface area contributed by atoms with Crippen molar-refractivity contribution < 1.29 is 15.0 Å². The van der Waals surface area contributed by atoms with E-state index in [-0.39, 0.29) is 12.2 Å². The number of aliphatic hydroxyl groups is 1. The van der Waals surface area contributed by atoms with Crippen molar-refractivity contribution in [1.29, 1.82) is 0 Å². The highest BCUT2D eigenvalue weighted by Crippen LogP contribution is 2.25. The zero-order valence-corrected chi connectivity index (χ0v) is 12.3. The second-order valence-corrected chi connectivity index (χ2v) is 5.15. The first-order valence-electron chi connectivity index (χ1n) is 7.07. The topological polar surface area (TPSA) is 82.5 Å². The predicted molar refractivity (Wildman–Crippen MR) is 82.7 cm³/mol. The Bertz CT molecular complexity index is 643. The van der Waals surface area contributed by atoms with E-state index in [2.05, 4.69) is 10.3 Å². The molecule has 1 aromatic heterocycles. The molecule has 0 bridgehead atoms. The molecular formula is C16H20N2O3. The van der Waals surface area contributed by atoms with Crippen molar-refractivity contribution in [2.75, 3.05) is 11.9 Å². The third kappa shape index (κ3) is 2.97. The molecule has 2 aromatic rings. The van der Waals surface area contributed by atoms with E-state index in [1.165, 1.54) is 6.07 Å². The summed E-state index contributed by atoms with van der Waals surface area (Å²) in [5.74, 6) is -0.511. The van der Waals surface area contributed by atoms with Crippen molar-refractivity contribution in [3.8, 4) is 0 Å². The molecule has 2 rings (SSSR count). The number of anilines is 1. The van der Waals surface area contributed by atoms with Crippen LogP contribution in [0.4, 0.5) is 5.82 Å². The first-order chi connectivity index (χ1) is 10.0. The van der Waals surface area contributed by atoms with Crippen LogP contribution in [0.3, 0.4) is 0 Å². The number of pyridine rings is 1. The van der Waals surface area contributed by atoms with E-state index in [1.807, 2.05) is 19.9 Å². The maximum Gasteiger partial charge on any atom is 0.336 e. The average Bonchev–Trinajstić information content (AvgIpc) is 2.52. The summed E-state index contributed by atoms with van der Waals surface area (Å²) in [5.41, 5.74) is 0.353. The van der Waals surface area contributed by atoms with Gasteiger partial charge in [-0.25, -0.2) is 9.78 Å². The number of nitrogens with zero attached hydrogens (tertiary/aromatic N) is 1. The van der Waals surface area contributed by atoms with Crippen molar-refractivity contribution in [3.05, 3.63) is 35.9 Å². The fraction of sp³-hybridized carbons (Fsp3) is 0.375. The summed E-state index contributed by atoms with van der Waals surface area (Å²) >= 11 is 0. The number of hydrogen-bond donors (Lipinski definition) is 3. The molecule has 0 saturated carbocycles. The molecule has 0 atom stereocenters. The molecule has 1 aromatic carbocycles. The highest BCUT2D eigenvalue weighted by atomic mass is 16.4. The number of aliphatic hydroxyl groups excluding tert-OH is 1. The summed E-state index contributed by atoms with van der Waals surface area (Å²) in [5, 5.41) is 22.8. The monoisotopic (exact) mass is 288 g/mol. The highest BCUT2D eigenvalue weighted by Gasteiger charge is 2.26. The van der Waals surface area contributed by atoms with Crippen LogP contribution < -0.4 is 5.32 Å². The van der Waals surface area contributed by atoms with Crippen LogP contribution in [0.5, 0.6) is 0 Å². The van der Waals surface area contributed by atoms with Crippen molar-refractivity contribution in [3.63, 3.8) is 0 Å². The predicted octanol–water partition coefficient (Wildman–Crippen LogP) is 2.90. The number of aromatic carboxylic acids is 1. The quantitative estimate of drug-likeness (QED) is 0.761. The van der Waals surface area contributed by atoms with Gasteiger partial charge in [0.25, 0.3) is 0 Å². The third-order valence-electron chi connectivity index (χ3n) is 4.00. The van der Waals surface area contributed by atoms with E-state index in [9.17, 15) is 15.0 Å². The SMILES string of the molecule is CCC(CC)(CO)Nc1cc(C(=O)O)c2ccccc2n1. The van der Waals surface area contributed by atoms with Gasteiger partial charge in [0.2, 0.25) is 0 Å². The molecule has 0 aliphatic rings.